The molecule has 0 unspecified atom stereocenters. The number of nitrogens with one attached hydrogen (secondary N) is 1. The van der Waals surface area contributed by atoms with Gasteiger partial charge in [-0.05, 0) is 54.8 Å². The molecule has 1 amide bonds. The van der Waals surface area contributed by atoms with Gasteiger partial charge in [-0.2, -0.15) is 0 Å². The summed E-state index contributed by atoms with van der Waals surface area (Å²) in [4.78, 5) is 17.0. The lowest BCUT2D eigenvalue weighted by Gasteiger charge is -2.34. The van der Waals surface area contributed by atoms with Gasteiger partial charge < -0.3 is 10.1 Å². The molecule has 0 aliphatic carbocycles. The van der Waals surface area contributed by atoms with Crippen LogP contribution >= 0.6 is 0 Å². The summed E-state index contributed by atoms with van der Waals surface area (Å²) in [6, 6.07) is 14.4. The molecule has 0 atom stereocenters. The summed E-state index contributed by atoms with van der Waals surface area (Å²) in [5, 5.41) is 3.03. The molecule has 3 rings (SSSR count). The molecule has 1 heterocycles. The fourth-order valence-corrected chi connectivity index (χ4v) is 3.55. The largest absolute Gasteiger partial charge is 0.497 e. The Labute approximate surface area is 161 Å². The third-order valence-electron chi connectivity index (χ3n) is 4.90. The normalized spacial score (nSPS) is 15.5. The Hall–Kier alpha value is -2.37. The third kappa shape index (κ3) is 5.81. The van der Waals surface area contributed by atoms with E-state index in [-0.39, 0.29) is 5.91 Å². The molecule has 0 saturated carbocycles. The summed E-state index contributed by atoms with van der Waals surface area (Å²) in [6.45, 7) is 9.25. The number of ether oxygens (including phenoxy) is 1. The first-order chi connectivity index (χ1) is 13.0. The van der Waals surface area contributed by atoms with Gasteiger partial charge in [-0.25, -0.2) is 0 Å². The number of carbonyl (C=O) groups is 1. The number of hydrogen-bond acceptors (Lipinski definition) is 4. The van der Waals surface area contributed by atoms with Crippen molar-refractivity contribution in [2.24, 2.45) is 0 Å². The highest BCUT2D eigenvalue weighted by Crippen LogP contribution is 2.15. The first-order valence-corrected chi connectivity index (χ1v) is 9.47. The highest BCUT2D eigenvalue weighted by molar-refractivity contribution is 5.92. The first kappa shape index (κ1) is 19.4. The number of carbonyl (C=O) groups excluding carboxylic acids is 1. The maximum atomic E-state index is 12.4. The SMILES string of the molecule is COc1ccc(CN2CCN(CC(=O)Nc3cc(C)cc(C)c3)CC2)cc1. The lowest BCUT2D eigenvalue weighted by atomic mass is 10.1. The lowest BCUT2D eigenvalue weighted by Crippen LogP contribution is -2.48. The van der Waals surface area contributed by atoms with Gasteiger partial charge in [-0.15, -0.1) is 0 Å². The van der Waals surface area contributed by atoms with Crippen LogP contribution in [0.15, 0.2) is 42.5 Å². The fraction of sp³-hybridized carbons (Fsp3) is 0.409. The quantitative estimate of drug-likeness (QED) is 0.852. The summed E-state index contributed by atoms with van der Waals surface area (Å²) in [7, 11) is 1.69. The highest BCUT2D eigenvalue weighted by atomic mass is 16.5. The molecule has 0 aromatic heterocycles. The molecule has 1 aliphatic rings. The summed E-state index contributed by atoms with van der Waals surface area (Å²) in [5.41, 5.74) is 4.50. The number of aryl methyl sites for hydroxylation is 2. The van der Waals surface area contributed by atoms with Crippen LogP contribution in [0.1, 0.15) is 16.7 Å². The van der Waals surface area contributed by atoms with E-state index in [4.69, 9.17) is 4.74 Å². The molecule has 5 heteroatoms. The van der Waals surface area contributed by atoms with Crippen LogP contribution < -0.4 is 10.1 Å². The number of hydrogen-bond donors (Lipinski definition) is 1. The molecule has 1 aliphatic heterocycles. The van der Waals surface area contributed by atoms with Crippen molar-refractivity contribution < 1.29 is 9.53 Å². The van der Waals surface area contributed by atoms with Crippen LogP contribution in [0.3, 0.4) is 0 Å². The van der Waals surface area contributed by atoms with Gasteiger partial charge in [0.1, 0.15) is 5.75 Å². The van der Waals surface area contributed by atoms with Gasteiger partial charge in [-0.1, -0.05) is 18.2 Å². The van der Waals surface area contributed by atoms with Gasteiger partial charge in [-0.3, -0.25) is 14.6 Å². The van der Waals surface area contributed by atoms with E-state index in [2.05, 4.69) is 33.3 Å². The molecule has 1 fully saturated rings. The molecule has 0 radical (unpaired) electrons. The van der Waals surface area contributed by atoms with E-state index >= 15 is 0 Å². The van der Waals surface area contributed by atoms with Crippen LogP contribution in [-0.4, -0.2) is 55.5 Å². The van der Waals surface area contributed by atoms with Crippen LogP contribution in [0.2, 0.25) is 0 Å². The molecule has 0 bridgehead atoms. The monoisotopic (exact) mass is 367 g/mol. The maximum Gasteiger partial charge on any atom is 0.238 e. The van der Waals surface area contributed by atoms with Gasteiger partial charge in [0.05, 0.1) is 13.7 Å². The van der Waals surface area contributed by atoms with Crippen molar-refractivity contribution in [1.82, 2.24) is 9.80 Å². The molecule has 1 N–H and O–H groups in total. The number of benzene rings is 2. The zero-order valence-electron chi connectivity index (χ0n) is 16.5. The Balaban J connectivity index is 1.43. The molecule has 0 spiro atoms. The number of amides is 1. The molecule has 1 saturated heterocycles. The molecule has 2 aromatic carbocycles. The Morgan fingerprint density at radius 3 is 2.15 bits per heavy atom. The van der Waals surface area contributed by atoms with Crippen LogP contribution in [-0.2, 0) is 11.3 Å². The fourth-order valence-electron chi connectivity index (χ4n) is 3.55. The average molecular weight is 367 g/mol. The second-order valence-corrected chi connectivity index (χ2v) is 7.32. The molecular formula is C22H29N3O2. The number of nitrogens with zero attached hydrogens (tertiary/aromatic N) is 2. The van der Waals surface area contributed by atoms with Gasteiger partial charge in [0.25, 0.3) is 0 Å². The second kappa shape index (κ2) is 9.02. The van der Waals surface area contributed by atoms with Crippen molar-refractivity contribution in [3.8, 4) is 5.75 Å². The van der Waals surface area contributed by atoms with Crippen molar-refractivity contribution in [3.63, 3.8) is 0 Å². The average Bonchev–Trinajstić information content (AvgIpc) is 2.63. The second-order valence-electron chi connectivity index (χ2n) is 7.32. The van der Waals surface area contributed by atoms with E-state index < -0.39 is 0 Å². The summed E-state index contributed by atoms with van der Waals surface area (Å²) < 4.78 is 5.21. The Kier molecular flexibility index (Phi) is 6.48. The zero-order valence-corrected chi connectivity index (χ0v) is 16.5. The van der Waals surface area contributed by atoms with Crippen LogP contribution in [0.5, 0.6) is 5.75 Å². The van der Waals surface area contributed by atoms with Crippen LogP contribution in [0.4, 0.5) is 5.69 Å². The number of piperazine rings is 1. The zero-order chi connectivity index (χ0) is 19.2. The third-order valence-corrected chi connectivity index (χ3v) is 4.90. The van der Waals surface area contributed by atoms with Gasteiger partial charge >= 0.3 is 0 Å². The van der Waals surface area contributed by atoms with E-state index in [1.165, 1.54) is 5.56 Å². The highest BCUT2D eigenvalue weighted by Gasteiger charge is 2.19. The van der Waals surface area contributed by atoms with E-state index in [9.17, 15) is 4.79 Å². The topological polar surface area (TPSA) is 44.8 Å². The predicted octanol–water partition coefficient (Wildman–Crippen LogP) is 3.07. The number of methoxy groups -OCH3 is 1. The summed E-state index contributed by atoms with van der Waals surface area (Å²) in [6.07, 6.45) is 0. The van der Waals surface area contributed by atoms with Gasteiger partial charge in [0.2, 0.25) is 5.91 Å². The Morgan fingerprint density at radius 2 is 1.56 bits per heavy atom. The molecule has 144 valence electrons. The maximum absolute atomic E-state index is 12.4. The van der Waals surface area contributed by atoms with Crippen molar-refractivity contribution in [3.05, 3.63) is 59.2 Å². The molecule has 27 heavy (non-hydrogen) atoms. The minimum Gasteiger partial charge on any atom is -0.497 e. The van der Waals surface area contributed by atoms with E-state index in [1.807, 2.05) is 38.1 Å². The van der Waals surface area contributed by atoms with Crippen molar-refractivity contribution >= 4 is 11.6 Å². The van der Waals surface area contributed by atoms with Gasteiger partial charge in [0.15, 0.2) is 0 Å². The van der Waals surface area contributed by atoms with Crippen molar-refractivity contribution in [2.75, 3.05) is 45.2 Å². The minimum absolute atomic E-state index is 0.0589. The molecular weight excluding hydrogens is 338 g/mol. The van der Waals surface area contributed by atoms with Gasteiger partial charge in [0, 0.05) is 38.4 Å². The van der Waals surface area contributed by atoms with Crippen molar-refractivity contribution in [1.29, 1.82) is 0 Å². The first-order valence-electron chi connectivity index (χ1n) is 9.47. The number of rotatable bonds is 6. The standard InChI is InChI=1S/C22H29N3O2/c1-17-12-18(2)14-20(13-17)23-22(26)16-25-10-8-24(9-11-25)15-19-4-6-21(27-3)7-5-19/h4-7,12-14H,8-11,15-16H2,1-3H3,(H,23,26). The Bertz CT molecular complexity index is 745. The smallest absolute Gasteiger partial charge is 0.238 e. The minimum atomic E-state index is 0.0589. The van der Waals surface area contributed by atoms with Crippen LogP contribution in [0, 0.1) is 13.8 Å². The molecule has 2 aromatic rings. The Morgan fingerprint density at radius 1 is 0.963 bits per heavy atom. The van der Waals surface area contributed by atoms with E-state index in [0.29, 0.717) is 6.54 Å². The summed E-state index contributed by atoms with van der Waals surface area (Å²) >= 11 is 0. The van der Waals surface area contributed by atoms with E-state index in [0.717, 1.165) is 55.3 Å². The van der Waals surface area contributed by atoms with E-state index in [1.54, 1.807) is 7.11 Å². The van der Waals surface area contributed by atoms with Crippen molar-refractivity contribution in [2.45, 2.75) is 20.4 Å². The summed E-state index contributed by atoms with van der Waals surface area (Å²) in [5.74, 6) is 0.946. The van der Waals surface area contributed by atoms with Crippen LogP contribution in [0.25, 0.3) is 0 Å². The number of anilines is 1. The lowest BCUT2D eigenvalue weighted by molar-refractivity contribution is -0.117. The molecule has 5 nitrogen and oxygen atoms in total. The predicted molar refractivity (Wildman–Crippen MR) is 109 cm³/mol.